The van der Waals surface area contributed by atoms with E-state index in [1.165, 1.54) is 11.3 Å². The summed E-state index contributed by atoms with van der Waals surface area (Å²) in [6.07, 6.45) is 2.76. The van der Waals surface area contributed by atoms with Crippen molar-refractivity contribution in [3.05, 3.63) is 34.3 Å². The summed E-state index contributed by atoms with van der Waals surface area (Å²) in [6.45, 7) is 1.91. The Bertz CT molecular complexity index is 394. The van der Waals surface area contributed by atoms with Crippen molar-refractivity contribution in [2.24, 2.45) is 7.05 Å². The number of hydrogen-bond donors (Lipinski definition) is 1. The standard InChI is InChI=1S/C9H11N3OS/c1-6-4-14-9(11-6)8(13)7-3-12(2)5-10-7/h3-5,8,13H,1-2H3. The number of nitrogens with zero attached hydrogens (tertiary/aromatic N) is 3. The molecule has 2 heterocycles. The first-order valence-corrected chi connectivity index (χ1v) is 5.13. The number of thiazole rings is 1. The Morgan fingerprint density at radius 1 is 1.57 bits per heavy atom. The van der Waals surface area contributed by atoms with Crippen molar-refractivity contribution < 1.29 is 5.11 Å². The molecule has 2 aromatic rings. The normalized spacial score (nSPS) is 13.1. The molecule has 74 valence electrons. The summed E-state index contributed by atoms with van der Waals surface area (Å²) in [5.41, 5.74) is 1.57. The first-order chi connectivity index (χ1) is 6.66. The number of hydrogen-bond acceptors (Lipinski definition) is 4. The fraction of sp³-hybridized carbons (Fsp3) is 0.333. The summed E-state index contributed by atoms with van der Waals surface area (Å²) in [6, 6.07) is 0. The molecule has 0 spiro atoms. The van der Waals surface area contributed by atoms with E-state index < -0.39 is 6.10 Å². The van der Waals surface area contributed by atoms with Crippen molar-refractivity contribution in [3.63, 3.8) is 0 Å². The van der Waals surface area contributed by atoms with E-state index in [2.05, 4.69) is 9.97 Å². The third kappa shape index (κ3) is 1.69. The van der Waals surface area contributed by atoms with Gasteiger partial charge in [0.25, 0.3) is 0 Å². The molecule has 14 heavy (non-hydrogen) atoms. The van der Waals surface area contributed by atoms with Crippen molar-refractivity contribution in [2.75, 3.05) is 0 Å². The van der Waals surface area contributed by atoms with Gasteiger partial charge >= 0.3 is 0 Å². The maximum atomic E-state index is 9.89. The molecule has 0 saturated heterocycles. The van der Waals surface area contributed by atoms with E-state index in [0.717, 1.165) is 5.69 Å². The van der Waals surface area contributed by atoms with Gasteiger partial charge in [0.2, 0.25) is 0 Å². The first-order valence-electron chi connectivity index (χ1n) is 4.25. The summed E-state index contributed by atoms with van der Waals surface area (Å²) < 4.78 is 1.80. The van der Waals surface area contributed by atoms with Gasteiger partial charge in [-0.15, -0.1) is 11.3 Å². The van der Waals surface area contributed by atoms with Crippen LogP contribution in [-0.2, 0) is 7.05 Å². The molecule has 0 aliphatic rings. The second-order valence-electron chi connectivity index (χ2n) is 3.19. The molecule has 5 heteroatoms. The van der Waals surface area contributed by atoms with E-state index in [-0.39, 0.29) is 0 Å². The molecule has 0 aliphatic heterocycles. The average molecular weight is 209 g/mol. The van der Waals surface area contributed by atoms with Crippen LogP contribution in [0.4, 0.5) is 0 Å². The van der Waals surface area contributed by atoms with Gasteiger partial charge in [-0.2, -0.15) is 0 Å². The Balaban J connectivity index is 2.28. The Morgan fingerprint density at radius 3 is 2.86 bits per heavy atom. The van der Waals surface area contributed by atoms with Crippen molar-refractivity contribution in [3.8, 4) is 0 Å². The summed E-state index contributed by atoms with van der Waals surface area (Å²) in [7, 11) is 1.87. The van der Waals surface area contributed by atoms with Crippen LogP contribution in [0.1, 0.15) is 22.5 Å². The van der Waals surface area contributed by atoms with Crippen LogP contribution in [0, 0.1) is 6.92 Å². The second kappa shape index (κ2) is 3.51. The van der Waals surface area contributed by atoms with Crippen LogP contribution in [0.3, 0.4) is 0 Å². The SMILES string of the molecule is Cc1csc(C(O)c2cn(C)cn2)n1. The molecule has 0 fully saturated rings. The van der Waals surface area contributed by atoms with Gasteiger partial charge in [0, 0.05) is 24.3 Å². The van der Waals surface area contributed by atoms with Crippen molar-refractivity contribution in [1.29, 1.82) is 0 Å². The molecule has 2 rings (SSSR count). The maximum absolute atomic E-state index is 9.89. The van der Waals surface area contributed by atoms with E-state index in [1.54, 1.807) is 17.1 Å². The van der Waals surface area contributed by atoms with Crippen LogP contribution in [0.25, 0.3) is 0 Å². The topological polar surface area (TPSA) is 50.9 Å². The predicted octanol–water partition coefficient (Wildman–Crippen LogP) is 1.27. The van der Waals surface area contributed by atoms with Gasteiger partial charge in [0.15, 0.2) is 0 Å². The second-order valence-corrected chi connectivity index (χ2v) is 4.08. The van der Waals surface area contributed by atoms with E-state index in [0.29, 0.717) is 10.7 Å². The zero-order valence-electron chi connectivity index (χ0n) is 8.01. The smallest absolute Gasteiger partial charge is 0.149 e. The predicted molar refractivity (Wildman–Crippen MR) is 54.1 cm³/mol. The molecule has 2 aromatic heterocycles. The van der Waals surface area contributed by atoms with Gasteiger partial charge in [0.1, 0.15) is 11.1 Å². The molecule has 0 radical (unpaired) electrons. The molecule has 0 amide bonds. The Kier molecular flexibility index (Phi) is 2.35. The van der Waals surface area contributed by atoms with Crippen molar-refractivity contribution in [2.45, 2.75) is 13.0 Å². The lowest BCUT2D eigenvalue weighted by molar-refractivity contribution is 0.215. The highest BCUT2D eigenvalue weighted by Crippen LogP contribution is 2.23. The average Bonchev–Trinajstić information content (AvgIpc) is 2.73. The fourth-order valence-corrected chi connectivity index (χ4v) is 1.99. The van der Waals surface area contributed by atoms with Crippen molar-refractivity contribution >= 4 is 11.3 Å². The van der Waals surface area contributed by atoms with Crippen LogP contribution >= 0.6 is 11.3 Å². The van der Waals surface area contributed by atoms with Gasteiger partial charge in [-0.3, -0.25) is 0 Å². The molecule has 0 aromatic carbocycles. The highest BCUT2D eigenvalue weighted by molar-refractivity contribution is 7.09. The zero-order valence-corrected chi connectivity index (χ0v) is 8.82. The molecule has 0 saturated carbocycles. The number of aliphatic hydroxyl groups excluding tert-OH is 1. The van der Waals surface area contributed by atoms with E-state index in [9.17, 15) is 5.11 Å². The van der Waals surface area contributed by atoms with Crippen LogP contribution in [-0.4, -0.2) is 19.6 Å². The zero-order chi connectivity index (χ0) is 10.1. The minimum absolute atomic E-state index is 0.641. The monoisotopic (exact) mass is 209 g/mol. The summed E-state index contributed by atoms with van der Waals surface area (Å²) in [5, 5.41) is 12.5. The minimum Gasteiger partial charge on any atom is -0.379 e. The largest absolute Gasteiger partial charge is 0.379 e. The highest BCUT2D eigenvalue weighted by Gasteiger charge is 2.15. The molecular weight excluding hydrogens is 198 g/mol. The molecule has 4 nitrogen and oxygen atoms in total. The lowest BCUT2D eigenvalue weighted by Crippen LogP contribution is -1.99. The third-order valence-corrected chi connectivity index (χ3v) is 2.89. The molecule has 0 bridgehead atoms. The van der Waals surface area contributed by atoms with Crippen molar-refractivity contribution in [1.82, 2.24) is 14.5 Å². The molecule has 0 aliphatic carbocycles. The van der Waals surface area contributed by atoms with Gasteiger partial charge in [-0.25, -0.2) is 9.97 Å². The van der Waals surface area contributed by atoms with Crippen LogP contribution in [0.2, 0.25) is 0 Å². The number of aliphatic hydroxyl groups is 1. The Labute approximate surface area is 85.9 Å². The quantitative estimate of drug-likeness (QED) is 0.810. The van der Waals surface area contributed by atoms with Gasteiger partial charge in [-0.05, 0) is 6.92 Å². The molecule has 1 atom stereocenters. The lowest BCUT2D eigenvalue weighted by Gasteiger charge is -2.02. The van der Waals surface area contributed by atoms with Gasteiger partial charge in [-0.1, -0.05) is 0 Å². The number of imidazole rings is 1. The summed E-state index contributed by atoms with van der Waals surface area (Å²) >= 11 is 1.45. The fourth-order valence-electron chi connectivity index (χ4n) is 1.20. The third-order valence-electron chi connectivity index (χ3n) is 1.88. The van der Waals surface area contributed by atoms with E-state index in [1.807, 2.05) is 19.4 Å². The van der Waals surface area contributed by atoms with E-state index >= 15 is 0 Å². The van der Waals surface area contributed by atoms with Crippen LogP contribution in [0.5, 0.6) is 0 Å². The number of rotatable bonds is 2. The maximum Gasteiger partial charge on any atom is 0.149 e. The molecule has 1 unspecified atom stereocenters. The molecule has 1 N–H and O–H groups in total. The Hall–Kier alpha value is -1.20. The van der Waals surface area contributed by atoms with E-state index in [4.69, 9.17) is 0 Å². The summed E-state index contributed by atoms with van der Waals surface area (Å²) in [5.74, 6) is 0. The van der Waals surface area contributed by atoms with Gasteiger partial charge in [0.05, 0.1) is 12.0 Å². The van der Waals surface area contributed by atoms with Gasteiger partial charge < -0.3 is 9.67 Å². The molecular formula is C9H11N3OS. The first kappa shape index (κ1) is 9.36. The van der Waals surface area contributed by atoms with Crippen LogP contribution in [0.15, 0.2) is 17.9 Å². The van der Waals surface area contributed by atoms with Crippen LogP contribution < -0.4 is 0 Å². The Morgan fingerprint density at radius 2 is 2.36 bits per heavy atom. The number of aryl methyl sites for hydroxylation is 2. The summed E-state index contributed by atoms with van der Waals surface area (Å²) in [4.78, 5) is 8.30. The highest BCUT2D eigenvalue weighted by atomic mass is 32.1. The number of aromatic nitrogens is 3. The minimum atomic E-state index is -0.699. The lowest BCUT2D eigenvalue weighted by atomic mass is 10.3.